The zero-order valence-corrected chi connectivity index (χ0v) is 12.4. The van der Waals surface area contributed by atoms with Crippen molar-refractivity contribution < 1.29 is 0 Å². The summed E-state index contributed by atoms with van der Waals surface area (Å²) in [5.74, 6) is 1.45. The van der Waals surface area contributed by atoms with E-state index in [9.17, 15) is 0 Å². The Balaban J connectivity index is 2.06. The van der Waals surface area contributed by atoms with Crippen LogP contribution in [0.25, 0.3) is 11.0 Å². The Bertz CT molecular complexity index is 705. The molecule has 0 aliphatic heterocycles. The van der Waals surface area contributed by atoms with Crippen LogP contribution in [0.5, 0.6) is 0 Å². The van der Waals surface area contributed by atoms with Gasteiger partial charge in [-0.15, -0.1) is 11.3 Å². The number of rotatable bonds is 4. The maximum atomic E-state index is 4.57. The van der Waals surface area contributed by atoms with Gasteiger partial charge in [-0.25, -0.2) is 0 Å². The van der Waals surface area contributed by atoms with Crippen molar-refractivity contribution in [2.75, 3.05) is 24.3 Å². The SMILES string of the molecule is CNc1nc(N(C)C(C)c2cccs2)c2cn[nH]c2n1. The molecular formula is C13H16N6S. The average molecular weight is 288 g/mol. The maximum Gasteiger partial charge on any atom is 0.226 e. The third kappa shape index (κ3) is 2.09. The highest BCUT2D eigenvalue weighted by atomic mass is 32.1. The van der Waals surface area contributed by atoms with E-state index in [1.807, 2.05) is 14.1 Å². The minimum atomic E-state index is 0.243. The van der Waals surface area contributed by atoms with E-state index >= 15 is 0 Å². The molecule has 1 unspecified atom stereocenters. The molecule has 2 N–H and O–H groups in total. The molecule has 104 valence electrons. The molecule has 3 heterocycles. The minimum Gasteiger partial charge on any atom is -0.357 e. The molecular weight excluding hydrogens is 272 g/mol. The lowest BCUT2D eigenvalue weighted by molar-refractivity contribution is 0.745. The van der Waals surface area contributed by atoms with Crippen LogP contribution in [-0.2, 0) is 0 Å². The van der Waals surface area contributed by atoms with Crippen LogP contribution in [0, 0.1) is 0 Å². The Hall–Kier alpha value is -2.15. The molecule has 3 aromatic rings. The van der Waals surface area contributed by atoms with Gasteiger partial charge in [-0.3, -0.25) is 5.10 Å². The number of hydrogen-bond acceptors (Lipinski definition) is 6. The highest BCUT2D eigenvalue weighted by molar-refractivity contribution is 7.10. The Labute approximate surface area is 120 Å². The van der Waals surface area contributed by atoms with E-state index in [0.29, 0.717) is 5.95 Å². The molecule has 0 aliphatic rings. The first-order valence-corrected chi connectivity index (χ1v) is 7.23. The summed E-state index contributed by atoms with van der Waals surface area (Å²) in [4.78, 5) is 12.4. The molecule has 0 aliphatic carbocycles. The highest BCUT2D eigenvalue weighted by Gasteiger charge is 2.19. The quantitative estimate of drug-likeness (QED) is 0.772. The molecule has 1 atom stereocenters. The van der Waals surface area contributed by atoms with Crippen molar-refractivity contribution in [3.63, 3.8) is 0 Å². The number of nitrogens with one attached hydrogen (secondary N) is 2. The summed E-state index contributed by atoms with van der Waals surface area (Å²) < 4.78 is 0. The summed E-state index contributed by atoms with van der Waals surface area (Å²) in [5, 5.41) is 13.0. The number of aromatic amines is 1. The van der Waals surface area contributed by atoms with Gasteiger partial charge in [-0.1, -0.05) is 6.07 Å². The van der Waals surface area contributed by atoms with E-state index in [-0.39, 0.29) is 6.04 Å². The summed E-state index contributed by atoms with van der Waals surface area (Å²) >= 11 is 1.75. The van der Waals surface area contributed by atoms with E-state index in [2.05, 4.69) is 54.8 Å². The second-order valence-electron chi connectivity index (χ2n) is 4.56. The molecule has 0 bridgehead atoms. The lowest BCUT2D eigenvalue weighted by atomic mass is 10.2. The maximum absolute atomic E-state index is 4.57. The number of hydrogen-bond donors (Lipinski definition) is 2. The van der Waals surface area contributed by atoms with Crippen LogP contribution in [0.2, 0.25) is 0 Å². The molecule has 0 saturated carbocycles. The first-order valence-electron chi connectivity index (χ1n) is 6.36. The van der Waals surface area contributed by atoms with E-state index in [1.165, 1.54) is 4.88 Å². The number of aromatic nitrogens is 4. The van der Waals surface area contributed by atoms with E-state index in [0.717, 1.165) is 16.9 Å². The van der Waals surface area contributed by atoms with Gasteiger partial charge < -0.3 is 10.2 Å². The van der Waals surface area contributed by atoms with Crippen LogP contribution < -0.4 is 10.2 Å². The number of anilines is 2. The predicted molar refractivity (Wildman–Crippen MR) is 82.4 cm³/mol. The molecule has 0 saturated heterocycles. The second-order valence-corrected chi connectivity index (χ2v) is 5.53. The average Bonchev–Trinajstić information content (AvgIpc) is 3.15. The highest BCUT2D eigenvalue weighted by Crippen LogP contribution is 2.31. The van der Waals surface area contributed by atoms with Gasteiger partial charge in [0.05, 0.1) is 17.6 Å². The Morgan fingerprint density at radius 3 is 2.95 bits per heavy atom. The van der Waals surface area contributed by atoms with Crippen molar-refractivity contribution in [2.45, 2.75) is 13.0 Å². The van der Waals surface area contributed by atoms with Crippen molar-refractivity contribution >= 4 is 34.1 Å². The van der Waals surface area contributed by atoms with Crippen molar-refractivity contribution in [1.29, 1.82) is 0 Å². The van der Waals surface area contributed by atoms with Crippen molar-refractivity contribution in [3.8, 4) is 0 Å². The summed E-state index contributed by atoms with van der Waals surface area (Å²) in [6, 6.07) is 4.45. The van der Waals surface area contributed by atoms with Crippen LogP contribution in [0.15, 0.2) is 23.7 Å². The van der Waals surface area contributed by atoms with E-state index in [1.54, 1.807) is 17.5 Å². The molecule has 0 radical (unpaired) electrons. The number of H-pyrrole nitrogens is 1. The van der Waals surface area contributed by atoms with Crippen LogP contribution in [0.4, 0.5) is 11.8 Å². The normalized spacial score (nSPS) is 12.6. The van der Waals surface area contributed by atoms with Crippen LogP contribution in [0.1, 0.15) is 17.8 Å². The lowest BCUT2D eigenvalue weighted by Gasteiger charge is -2.25. The number of thiophene rings is 1. The first kappa shape index (κ1) is 12.9. The molecule has 20 heavy (non-hydrogen) atoms. The van der Waals surface area contributed by atoms with Gasteiger partial charge in [0.1, 0.15) is 5.82 Å². The minimum absolute atomic E-state index is 0.243. The molecule has 0 fully saturated rings. The smallest absolute Gasteiger partial charge is 0.226 e. The molecule has 3 rings (SSSR count). The fourth-order valence-electron chi connectivity index (χ4n) is 2.10. The van der Waals surface area contributed by atoms with Gasteiger partial charge in [0.25, 0.3) is 0 Å². The van der Waals surface area contributed by atoms with Crippen molar-refractivity contribution in [1.82, 2.24) is 20.2 Å². The Kier molecular flexibility index (Phi) is 3.27. The molecule has 7 heteroatoms. The molecule has 0 aromatic carbocycles. The lowest BCUT2D eigenvalue weighted by Crippen LogP contribution is -2.22. The monoisotopic (exact) mass is 288 g/mol. The Morgan fingerprint density at radius 1 is 1.40 bits per heavy atom. The third-order valence-corrected chi connectivity index (χ3v) is 4.43. The van der Waals surface area contributed by atoms with Gasteiger partial charge in [-0.05, 0) is 18.4 Å². The largest absolute Gasteiger partial charge is 0.357 e. The van der Waals surface area contributed by atoms with E-state index < -0.39 is 0 Å². The van der Waals surface area contributed by atoms with Crippen molar-refractivity contribution in [2.24, 2.45) is 0 Å². The summed E-state index contributed by atoms with van der Waals surface area (Å²) in [7, 11) is 3.85. The summed E-state index contributed by atoms with van der Waals surface area (Å²) in [6.45, 7) is 2.17. The van der Waals surface area contributed by atoms with Crippen molar-refractivity contribution in [3.05, 3.63) is 28.6 Å². The van der Waals surface area contributed by atoms with Crippen LogP contribution in [0.3, 0.4) is 0 Å². The molecule has 0 spiro atoms. The predicted octanol–water partition coefficient (Wildman–Crippen LogP) is 2.65. The fraction of sp³-hybridized carbons (Fsp3) is 0.308. The Morgan fingerprint density at radius 2 is 2.25 bits per heavy atom. The van der Waals surface area contributed by atoms with Gasteiger partial charge >= 0.3 is 0 Å². The van der Waals surface area contributed by atoms with Gasteiger partial charge in [0, 0.05) is 19.0 Å². The second kappa shape index (κ2) is 5.09. The summed E-state index contributed by atoms with van der Waals surface area (Å²) in [5.41, 5.74) is 0.740. The third-order valence-electron chi connectivity index (χ3n) is 3.38. The standard InChI is InChI=1S/C13H16N6S/c1-8(10-5-4-6-20-10)19(3)12-9-7-15-18-11(9)16-13(14-2)17-12/h4-8H,1-3H3,(H2,14,15,16,17,18). The molecule has 0 amide bonds. The van der Waals surface area contributed by atoms with Gasteiger partial charge in [-0.2, -0.15) is 15.1 Å². The number of nitrogens with zero attached hydrogens (tertiary/aromatic N) is 4. The zero-order valence-electron chi connectivity index (χ0n) is 11.6. The van der Waals surface area contributed by atoms with Crippen LogP contribution in [-0.4, -0.2) is 34.3 Å². The first-order chi connectivity index (χ1) is 9.70. The van der Waals surface area contributed by atoms with E-state index in [4.69, 9.17) is 0 Å². The topological polar surface area (TPSA) is 69.7 Å². The molecule has 3 aromatic heterocycles. The molecule has 6 nitrogen and oxygen atoms in total. The zero-order chi connectivity index (χ0) is 14.1. The number of fused-ring (bicyclic) bond motifs is 1. The summed E-state index contributed by atoms with van der Waals surface area (Å²) in [6.07, 6.45) is 1.77. The van der Waals surface area contributed by atoms with Crippen LogP contribution >= 0.6 is 11.3 Å². The van der Waals surface area contributed by atoms with Gasteiger partial charge in [0.15, 0.2) is 5.65 Å². The van der Waals surface area contributed by atoms with Gasteiger partial charge in [0.2, 0.25) is 5.95 Å². The fourth-order valence-corrected chi connectivity index (χ4v) is 2.93.